The van der Waals surface area contributed by atoms with Crippen LogP contribution in [0.2, 0.25) is 0 Å². The SMILES string of the molecule is Cc1nc2c(n1CCO)CC[C@@H](NC(=O)CCc1c[nH]c3ccccc13)C2. The monoisotopic (exact) mass is 366 g/mol. The number of aliphatic hydroxyl groups excluding tert-OH is 1. The molecular formula is C21H26N4O2. The van der Waals surface area contributed by atoms with Crippen molar-refractivity contribution in [1.29, 1.82) is 0 Å². The van der Waals surface area contributed by atoms with Gasteiger partial charge < -0.3 is 20.0 Å². The van der Waals surface area contributed by atoms with E-state index in [4.69, 9.17) is 0 Å². The minimum atomic E-state index is 0.0974. The van der Waals surface area contributed by atoms with Gasteiger partial charge in [-0.1, -0.05) is 18.2 Å². The summed E-state index contributed by atoms with van der Waals surface area (Å²) in [7, 11) is 0. The molecule has 2 aromatic heterocycles. The van der Waals surface area contributed by atoms with E-state index in [2.05, 4.69) is 32.0 Å². The van der Waals surface area contributed by atoms with Crippen LogP contribution in [0.3, 0.4) is 0 Å². The van der Waals surface area contributed by atoms with E-state index in [1.807, 2.05) is 25.3 Å². The van der Waals surface area contributed by atoms with Crippen LogP contribution in [0.25, 0.3) is 10.9 Å². The Balaban J connectivity index is 1.34. The van der Waals surface area contributed by atoms with Crippen LogP contribution in [0.5, 0.6) is 0 Å². The van der Waals surface area contributed by atoms with Gasteiger partial charge in [-0.15, -0.1) is 0 Å². The predicted octanol–water partition coefficient (Wildman–Crippen LogP) is 2.27. The van der Waals surface area contributed by atoms with Crippen LogP contribution in [0, 0.1) is 6.92 Å². The van der Waals surface area contributed by atoms with E-state index in [1.165, 1.54) is 16.6 Å². The van der Waals surface area contributed by atoms with Crippen LogP contribution in [0.4, 0.5) is 0 Å². The number of carbonyl (C=O) groups excluding carboxylic acids is 1. The molecule has 0 saturated carbocycles. The fraction of sp³-hybridized carbons (Fsp3) is 0.429. The van der Waals surface area contributed by atoms with Gasteiger partial charge in [0.15, 0.2) is 0 Å². The number of amides is 1. The maximum absolute atomic E-state index is 12.4. The van der Waals surface area contributed by atoms with E-state index in [9.17, 15) is 9.90 Å². The number of hydrogen-bond acceptors (Lipinski definition) is 3. The first kappa shape index (κ1) is 17.8. The number of aromatic amines is 1. The number of nitrogens with one attached hydrogen (secondary N) is 2. The molecule has 4 rings (SSSR count). The molecule has 0 saturated heterocycles. The number of imidazole rings is 1. The molecule has 0 spiro atoms. The Morgan fingerprint density at radius 2 is 2.26 bits per heavy atom. The largest absolute Gasteiger partial charge is 0.395 e. The number of H-pyrrole nitrogens is 1. The van der Waals surface area contributed by atoms with E-state index in [0.29, 0.717) is 13.0 Å². The van der Waals surface area contributed by atoms with Crippen molar-refractivity contribution < 1.29 is 9.90 Å². The van der Waals surface area contributed by atoms with E-state index >= 15 is 0 Å². The standard InChI is InChI=1S/C21H26N4O2/c1-14-23-19-12-16(7-8-20(19)25(14)10-11-26)24-21(27)9-6-15-13-22-18-5-3-2-4-17(15)18/h2-5,13,16,22,26H,6-12H2,1H3,(H,24,27)/t16-/m1/s1. The third-order valence-corrected chi connectivity index (χ3v) is 5.50. The highest BCUT2D eigenvalue weighted by Gasteiger charge is 2.25. The van der Waals surface area contributed by atoms with Crippen molar-refractivity contribution in [2.24, 2.45) is 0 Å². The maximum Gasteiger partial charge on any atom is 0.220 e. The summed E-state index contributed by atoms with van der Waals surface area (Å²) in [5.74, 6) is 1.04. The zero-order valence-corrected chi connectivity index (χ0v) is 15.7. The topological polar surface area (TPSA) is 82.9 Å². The summed E-state index contributed by atoms with van der Waals surface area (Å²) in [6, 6.07) is 8.32. The highest BCUT2D eigenvalue weighted by molar-refractivity contribution is 5.84. The summed E-state index contributed by atoms with van der Waals surface area (Å²) in [5.41, 5.74) is 4.58. The molecule has 3 N–H and O–H groups in total. The normalized spacial score (nSPS) is 16.4. The highest BCUT2D eigenvalue weighted by atomic mass is 16.3. The minimum Gasteiger partial charge on any atom is -0.395 e. The second-order valence-electron chi connectivity index (χ2n) is 7.29. The molecule has 3 aromatic rings. The number of hydrogen-bond donors (Lipinski definition) is 3. The number of para-hydroxylation sites is 1. The Morgan fingerprint density at radius 1 is 1.41 bits per heavy atom. The van der Waals surface area contributed by atoms with Crippen LogP contribution in [-0.4, -0.2) is 38.2 Å². The Hall–Kier alpha value is -2.60. The molecule has 0 bridgehead atoms. The summed E-state index contributed by atoms with van der Waals surface area (Å²) >= 11 is 0. The molecule has 6 heteroatoms. The van der Waals surface area contributed by atoms with Crippen molar-refractivity contribution in [3.63, 3.8) is 0 Å². The quantitative estimate of drug-likeness (QED) is 0.626. The van der Waals surface area contributed by atoms with Crippen molar-refractivity contribution in [2.45, 2.75) is 51.6 Å². The molecular weight excluding hydrogens is 340 g/mol. The molecule has 1 aliphatic rings. The summed E-state index contributed by atoms with van der Waals surface area (Å²) in [6.07, 6.45) is 5.81. The number of aliphatic hydroxyl groups is 1. The van der Waals surface area contributed by atoms with Gasteiger partial charge in [0, 0.05) is 48.2 Å². The molecule has 1 atom stereocenters. The highest BCUT2D eigenvalue weighted by Crippen LogP contribution is 2.23. The third-order valence-electron chi connectivity index (χ3n) is 5.50. The molecule has 0 aliphatic heterocycles. The Bertz CT molecular complexity index is 956. The van der Waals surface area contributed by atoms with Crippen molar-refractivity contribution >= 4 is 16.8 Å². The van der Waals surface area contributed by atoms with E-state index in [1.54, 1.807) is 0 Å². The zero-order valence-electron chi connectivity index (χ0n) is 15.7. The van der Waals surface area contributed by atoms with Crippen molar-refractivity contribution in [2.75, 3.05) is 6.61 Å². The maximum atomic E-state index is 12.4. The lowest BCUT2D eigenvalue weighted by molar-refractivity contribution is -0.121. The number of rotatable bonds is 6. The molecule has 27 heavy (non-hydrogen) atoms. The molecule has 0 unspecified atom stereocenters. The number of benzene rings is 1. The average Bonchev–Trinajstić information content (AvgIpc) is 3.21. The third kappa shape index (κ3) is 3.62. The van der Waals surface area contributed by atoms with Crippen molar-refractivity contribution in [3.05, 3.63) is 53.2 Å². The second-order valence-corrected chi connectivity index (χ2v) is 7.29. The Kier molecular flexibility index (Phi) is 4.99. The molecule has 142 valence electrons. The average molecular weight is 366 g/mol. The smallest absolute Gasteiger partial charge is 0.220 e. The van der Waals surface area contributed by atoms with Gasteiger partial charge in [-0.25, -0.2) is 4.98 Å². The lowest BCUT2D eigenvalue weighted by Crippen LogP contribution is -2.39. The number of nitrogens with zero attached hydrogens (tertiary/aromatic N) is 2. The van der Waals surface area contributed by atoms with Crippen LogP contribution in [0.1, 0.15) is 35.6 Å². The molecule has 0 radical (unpaired) electrons. The molecule has 1 aromatic carbocycles. The van der Waals surface area contributed by atoms with Gasteiger partial charge in [0.25, 0.3) is 0 Å². The van der Waals surface area contributed by atoms with Crippen LogP contribution >= 0.6 is 0 Å². The van der Waals surface area contributed by atoms with Gasteiger partial charge in [-0.2, -0.15) is 0 Å². The lowest BCUT2D eigenvalue weighted by Gasteiger charge is -2.24. The zero-order chi connectivity index (χ0) is 18.8. The first-order valence-corrected chi connectivity index (χ1v) is 9.66. The predicted molar refractivity (Wildman–Crippen MR) is 105 cm³/mol. The molecule has 0 fully saturated rings. The van der Waals surface area contributed by atoms with Gasteiger partial charge in [0.05, 0.1) is 12.3 Å². The molecule has 6 nitrogen and oxygen atoms in total. The first-order chi connectivity index (χ1) is 13.2. The Morgan fingerprint density at radius 3 is 3.11 bits per heavy atom. The molecule has 1 aliphatic carbocycles. The number of fused-ring (bicyclic) bond motifs is 2. The van der Waals surface area contributed by atoms with Crippen LogP contribution in [0.15, 0.2) is 30.5 Å². The van der Waals surface area contributed by atoms with Crippen molar-refractivity contribution in [1.82, 2.24) is 19.9 Å². The fourth-order valence-electron chi connectivity index (χ4n) is 4.17. The minimum absolute atomic E-state index is 0.0974. The Labute approximate surface area is 158 Å². The fourth-order valence-corrected chi connectivity index (χ4v) is 4.17. The summed E-state index contributed by atoms with van der Waals surface area (Å²) in [5, 5.41) is 13.6. The number of aromatic nitrogens is 3. The van der Waals surface area contributed by atoms with E-state index in [0.717, 1.165) is 42.7 Å². The first-order valence-electron chi connectivity index (χ1n) is 9.66. The van der Waals surface area contributed by atoms with Gasteiger partial charge in [0.1, 0.15) is 5.82 Å². The van der Waals surface area contributed by atoms with E-state index < -0.39 is 0 Å². The van der Waals surface area contributed by atoms with Gasteiger partial charge >= 0.3 is 0 Å². The lowest BCUT2D eigenvalue weighted by atomic mass is 9.95. The van der Waals surface area contributed by atoms with Gasteiger partial charge in [0.2, 0.25) is 5.91 Å². The van der Waals surface area contributed by atoms with E-state index in [-0.39, 0.29) is 18.6 Å². The summed E-state index contributed by atoms with van der Waals surface area (Å²) in [6.45, 7) is 2.69. The summed E-state index contributed by atoms with van der Waals surface area (Å²) < 4.78 is 2.10. The molecule has 2 heterocycles. The number of aryl methyl sites for hydroxylation is 2. The summed E-state index contributed by atoms with van der Waals surface area (Å²) in [4.78, 5) is 20.4. The van der Waals surface area contributed by atoms with Gasteiger partial charge in [-0.05, 0) is 37.8 Å². The molecule has 1 amide bonds. The van der Waals surface area contributed by atoms with Crippen molar-refractivity contribution in [3.8, 4) is 0 Å². The number of carbonyl (C=O) groups is 1. The van der Waals surface area contributed by atoms with Gasteiger partial charge in [-0.3, -0.25) is 4.79 Å². The van der Waals surface area contributed by atoms with Crippen LogP contribution < -0.4 is 5.32 Å². The second kappa shape index (κ2) is 7.56. The van der Waals surface area contributed by atoms with Crippen LogP contribution in [-0.2, 0) is 30.6 Å².